The Morgan fingerprint density at radius 2 is 1.79 bits per heavy atom. The Labute approximate surface area is 159 Å². The van der Waals surface area contributed by atoms with Crippen molar-refractivity contribution in [2.45, 2.75) is 6.36 Å². The fourth-order valence-corrected chi connectivity index (χ4v) is 2.67. The standard InChI is InChI=1S/C17H21F3N6O2/c18-17(19,20)28-13-3-1-12(2-4-13)25-16-14(21)15(23-11-24-16)22-5-6-26-7-9-27-10-8-26/h1-4,11H,5-10,21H2,(H2,22,23,24,25). The number of hydrogen-bond acceptors (Lipinski definition) is 8. The predicted molar refractivity (Wildman–Crippen MR) is 98.6 cm³/mol. The third-order valence-corrected chi connectivity index (χ3v) is 4.06. The van der Waals surface area contributed by atoms with Crippen LogP contribution in [0.25, 0.3) is 0 Å². The van der Waals surface area contributed by atoms with E-state index in [4.69, 9.17) is 10.5 Å². The highest BCUT2D eigenvalue weighted by molar-refractivity contribution is 5.77. The number of halogens is 3. The number of hydrogen-bond donors (Lipinski definition) is 3. The van der Waals surface area contributed by atoms with Gasteiger partial charge in [0.05, 0.1) is 13.2 Å². The number of nitrogen functional groups attached to an aromatic ring is 1. The number of rotatable bonds is 7. The summed E-state index contributed by atoms with van der Waals surface area (Å²) in [5.41, 5.74) is 6.94. The lowest BCUT2D eigenvalue weighted by atomic mass is 10.3. The van der Waals surface area contributed by atoms with Crippen molar-refractivity contribution < 1.29 is 22.6 Å². The molecule has 4 N–H and O–H groups in total. The Morgan fingerprint density at radius 3 is 2.46 bits per heavy atom. The van der Waals surface area contributed by atoms with Crippen molar-refractivity contribution in [1.82, 2.24) is 14.9 Å². The summed E-state index contributed by atoms with van der Waals surface area (Å²) >= 11 is 0. The maximum Gasteiger partial charge on any atom is 0.573 e. The molecule has 0 unspecified atom stereocenters. The molecular formula is C17H21F3N6O2. The first kappa shape index (κ1) is 20.0. The fourth-order valence-electron chi connectivity index (χ4n) is 2.67. The van der Waals surface area contributed by atoms with Gasteiger partial charge in [0.1, 0.15) is 17.8 Å². The molecule has 0 radical (unpaired) electrons. The van der Waals surface area contributed by atoms with Crippen LogP contribution in [-0.4, -0.2) is 60.6 Å². The minimum Gasteiger partial charge on any atom is -0.406 e. The minimum absolute atomic E-state index is 0.306. The second kappa shape index (κ2) is 8.93. The van der Waals surface area contributed by atoms with Crippen LogP contribution in [0.5, 0.6) is 5.75 Å². The van der Waals surface area contributed by atoms with E-state index in [2.05, 4.69) is 30.2 Å². The predicted octanol–water partition coefficient (Wildman–Crippen LogP) is 2.45. The number of alkyl halides is 3. The SMILES string of the molecule is Nc1c(NCCN2CCOCC2)ncnc1Nc1ccc(OC(F)(F)F)cc1. The van der Waals surface area contributed by atoms with Crippen molar-refractivity contribution in [3.63, 3.8) is 0 Å². The maximum atomic E-state index is 12.2. The van der Waals surface area contributed by atoms with Crippen LogP contribution in [0.15, 0.2) is 30.6 Å². The zero-order valence-corrected chi connectivity index (χ0v) is 15.0. The van der Waals surface area contributed by atoms with Crippen molar-refractivity contribution >= 4 is 23.0 Å². The Kier molecular flexibility index (Phi) is 6.37. The van der Waals surface area contributed by atoms with Gasteiger partial charge in [-0.2, -0.15) is 0 Å². The molecule has 11 heteroatoms. The fraction of sp³-hybridized carbons (Fsp3) is 0.412. The zero-order valence-electron chi connectivity index (χ0n) is 15.0. The smallest absolute Gasteiger partial charge is 0.406 e. The topological polar surface area (TPSA) is 97.6 Å². The van der Waals surface area contributed by atoms with Crippen LogP contribution < -0.4 is 21.1 Å². The summed E-state index contributed by atoms with van der Waals surface area (Å²) in [6.45, 7) is 4.73. The van der Waals surface area contributed by atoms with Crippen molar-refractivity contribution in [1.29, 1.82) is 0 Å². The molecule has 1 aliphatic heterocycles. The van der Waals surface area contributed by atoms with E-state index < -0.39 is 6.36 Å². The molecule has 1 aromatic carbocycles. The zero-order chi connectivity index (χ0) is 20.0. The van der Waals surface area contributed by atoms with Gasteiger partial charge in [0.2, 0.25) is 0 Å². The highest BCUT2D eigenvalue weighted by atomic mass is 19.4. The van der Waals surface area contributed by atoms with Gasteiger partial charge in [-0.1, -0.05) is 0 Å². The molecule has 8 nitrogen and oxygen atoms in total. The Morgan fingerprint density at radius 1 is 1.11 bits per heavy atom. The monoisotopic (exact) mass is 398 g/mol. The maximum absolute atomic E-state index is 12.2. The largest absolute Gasteiger partial charge is 0.573 e. The molecule has 28 heavy (non-hydrogen) atoms. The molecule has 2 aromatic rings. The van der Waals surface area contributed by atoms with Gasteiger partial charge in [0.25, 0.3) is 0 Å². The van der Waals surface area contributed by atoms with Crippen LogP contribution in [-0.2, 0) is 4.74 Å². The second-order valence-corrected chi connectivity index (χ2v) is 6.06. The third kappa shape index (κ3) is 5.86. The van der Waals surface area contributed by atoms with Crippen LogP contribution >= 0.6 is 0 Å². The molecular weight excluding hydrogens is 377 g/mol. The number of nitrogens with one attached hydrogen (secondary N) is 2. The lowest BCUT2D eigenvalue weighted by Gasteiger charge is -2.26. The van der Waals surface area contributed by atoms with E-state index in [0.29, 0.717) is 29.6 Å². The summed E-state index contributed by atoms with van der Waals surface area (Å²) in [5, 5.41) is 6.14. The molecule has 3 rings (SSSR count). The summed E-state index contributed by atoms with van der Waals surface area (Å²) in [6, 6.07) is 5.28. The number of benzene rings is 1. The van der Waals surface area contributed by atoms with E-state index in [0.717, 1.165) is 32.8 Å². The van der Waals surface area contributed by atoms with Gasteiger partial charge >= 0.3 is 6.36 Å². The Hall–Kier alpha value is -2.79. The van der Waals surface area contributed by atoms with Crippen LogP contribution in [0.4, 0.5) is 36.2 Å². The van der Waals surface area contributed by atoms with Crippen molar-refractivity contribution in [2.24, 2.45) is 0 Å². The van der Waals surface area contributed by atoms with Crippen LogP contribution in [0.3, 0.4) is 0 Å². The highest BCUT2D eigenvalue weighted by Gasteiger charge is 2.30. The summed E-state index contributed by atoms with van der Waals surface area (Å²) in [4.78, 5) is 10.5. The number of nitrogens with zero attached hydrogens (tertiary/aromatic N) is 3. The summed E-state index contributed by atoms with van der Waals surface area (Å²) < 4.78 is 45.8. The minimum atomic E-state index is -4.73. The molecule has 0 atom stereocenters. The molecule has 0 amide bonds. The summed E-state index contributed by atoms with van der Waals surface area (Å²) in [5.74, 6) is 0.537. The lowest BCUT2D eigenvalue weighted by Crippen LogP contribution is -2.39. The van der Waals surface area contributed by atoms with Crippen molar-refractivity contribution in [3.05, 3.63) is 30.6 Å². The first-order valence-corrected chi connectivity index (χ1v) is 8.68. The van der Waals surface area contributed by atoms with Crippen LogP contribution in [0.1, 0.15) is 0 Å². The lowest BCUT2D eigenvalue weighted by molar-refractivity contribution is -0.274. The number of anilines is 4. The Bertz CT molecular complexity index is 766. The van der Waals surface area contributed by atoms with Gasteiger partial charge < -0.3 is 25.8 Å². The van der Waals surface area contributed by atoms with E-state index in [1.165, 1.54) is 30.6 Å². The van der Waals surface area contributed by atoms with Crippen LogP contribution in [0.2, 0.25) is 0 Å². The second-order valence-electron chi connectivity index (χ2n) is 6.06. The molecule has 1 saturated heterocycles. The van der Waals surface area contributed by atoms with Gasteiger partial charge in [-0.25, -0.2) is 9.97 Å². The molecule has 152 valence electrons. The number of aromatic nitrogens is 2. The van der Waals surface area contributed by atoms with Gasteiger partial charge in [0.15, 0.2) is 11.6 Å². The van der Waals surface area contributed by atoms with Gasteiger partial charge in [-0.3, -0.25) is 4.90 Å². The molecule has 0 saturated carbocycles. The van der Waals surface area contributed by atoms with E-state index in [-0.39, 0.29) is 5.75 Å². The Balaban J connectivity index is 1.57. The van der Waals surface area contributed by atoms with E-state index in [1.54, 1.807) is 0 Å². The number of morpholine rings is 1. The third-order valence-electron chi connectivity index (χ3n) is 4.06. The van der Waals surface area contributed by atoms with Gasteiger partial charge in [-0.15, -0.1) is 13.2 Å². The van der Waals surface area contributed by atoms with E-state index >= 15 is 0 Å². The average molecular weight is 398 g/mol. The first-order chi connectivity index (χ1) is 13.4. The summed E-state index contributed by atoms with van der Waals surface area (Å²) in [7, 11) is 0. The average Bonchev–Trinajstić information content (AvgIpc) is 2.66. The van der Waals surface area contributed by atoms with E-state index in [9.17, 15) is 13.2 Å². The molecule has 0 spiro atoms. The molecule has 0 aliphatic carbocycles. The molecule has 0 bridgehead atoms. The number of ether oxygens (including phenoxy) is 2. The molecule has 1 fully saturated rings. The van der Waals surface area contributed by atoms with Crippen molar-refractivity contribution in [2.75, 3.05) is 55.8 Å². The molecule has 1 aliphatic rings. The van der Waals surface area contributed by atoms with Crippen molar-refractivity contribution in [3.8, 4) is 5.75 Å². The molecule has 2 heterocycles. The van der Waals surface area contributed by atoms with Crippen LogP contribution in [0, 0.1) is 0 Å². The normalized spacial score (nSPS) is 15.2. The highest BCUT2D eigenvalue weighted by Crippen LogP contribution is 2.28. The number of nitrogens with two attached hydrogens (primary N) is 1. The first-order valence-electron chi connectivity index (χ1n) is 8.68. The van der Waals surface area contributed by atoms with E-state index in [1.807, 2.05) is 0 Å². The van der Waals surface area contributed by atoms with Gasteiger partial charge in [-0.05, 0) is 24.3 Å². The quantitative estimate of drug-likeness (QED) is 0.654. The molecule has 1 aromatic heterocycles. The van der Waals surface area contributed by atoms with Gasteiger partial charge in [0, 0.05) is 31.9 Å². The summed E-state index contributed by atoms with van der Waals surface area (Å²) in [6.07, 6.45) is -3.37.